The van der Waals surface area contributed by atoms with Gasteiger partial charge in [0.25, 0.3) is 5.92 Å². The Morgan fingerprint density at radius 2 is 1.88 bits per heavy atom. The van der Waals surface area contributed by atoms with E-state index in [9.17, 15) is 8.78 Å². The predicted octanol–water partition coefficient (Wildman–Crippen LogP) is 3.71. The van der Waals surface area contributed by atoms with Gasteiger partial charge in [-0.3, -0.25) is 0 Å². The molecule has 0 aromatic heterocycles. The smallest absolute Gasteiger partial charge is 0.273 e. The molecule has 0 heterocycles. The van der Waals surface area contributed by atoms with Crippen molar-refractivity contribution in [1.82, 2.24) is 0 Å². The first-order valence-corrected chi connectivity index (χ1v) is 6.04. The second-order valence-electron chi connectivity index (χ2n) is 5.18. The fourth-order valence-corrected chi connectivity index (χ4v) is 1.93. The molecule has 0 radical (unpaired) electrons. The molecule has 0 saturated carbocycles. The highest BCUT2D eigenvalue weighted by Crippen LogP contribution is 2.34. The van der Waals surface area contributed by atoms with E-state index in [1.807, 2.05) is 13.0 Å². The van der Waals surface area contributed by atoms with E-state index in [0.29, 0.717) is 6.42 Å². The van der Waals surface area contributed by atoms with Gasteiger partial charge in [0.15, 0.2) is 0 Å². The third-order valence-electron chi connectivity index (χ3n) is 2.57. The number of hydrogen-bond donors (Lipinski definition) is 1. The summed E-state index contributed by atoms with van der Waals surface area (Å²) in [7, 11) is 0. The molecule has 17 heavy (non-hydrogen) atoms. The van der Waals surface area contributed by atoms with Crippen molar-refractivity contribution in [2.45, 2.75) is 45.6 Å². The molecule has 0 saturated heterocycles. The summed E-state index contributed by atoms with van der Waals surface area (Å²) in [5.74, 6) is -2.77. The summed E-state index contributed by atoms with van der Waals surface area (Å²) in [5, 5.41) is 0. The minimum atomic E-state index is -2.75. The van der Waals surface area contributed by atoms with E-state index in [1.54, 1.807) is 26.0 Å². The average Bonchev–Trinajstić information content (AvgIpc) is 2.15. The highest BCUT2D eigenvalue weighted by atomic mass is 19.3. The van der Waals surface area contributed by atoms with Crippen molar-refractivity contribution in [2.24, 2.45) is 11.7 Å². The predicted molar refractivity (Wildman–Crippen MR) is 67.1 cm³/mol. The molecule has 0 aliphatic heterocycles. The monoisotopic (exact) mass is 241 g/mol. The van der Waals surface area contributed by atoms with E-state index < -0.39 is 5.92 Å². The molecule has 0 aliphatic carbocycles. The molecule has 1 unspecified atom stereocenters. The van der Waals surface area contributed by atoms with Gasteiger partial charge in [-0.1, -0.05) is 32.0 Å². The fraction of sp³-hybridized carbons (Fsp3) is 0.571. The number of hydrogen-bond acceptors (Lipinski definition) is 1. The standard InChI is InChI=1S/C14H21F2N/c1-10(2)9-14(15,16)13-6-4-5-12(8-13)7-11(3)17/h4-6,8,10-11H,7,9,17H2,1-3H3. The molecular weight excluding hydrogens is 220 g/mol. The largest absolute Gasteiger partial charge is 0.328 e. The molecule has 1 rings (SSSR count). The first-order chi connectivity index (χ1) is 7.81. The molecular formula is C14H21F2N. The van der Waals surface area contributed by atoms with E-state index in [4.69, 9.17) is 5.73 Å². The quantitative estimate of drug-likeness (QED) is 0.835. The van der Waals surface area contributed by atoms with Crippen LogP contribution in [-0.4, -0.2) is 6.04 Å². The minimum absolute atomic E-state index is 0.0102. The number of benzene rings is 1. The normalized spacial score (nSPS) is 14.1. The molecule has 0 fully saturated rings. The van der Waals surface area contributed by atoms with Crippen molar-refractivity contribution >= 4 is 0 Å². The zero-order chi connectivity index (χ0) is 13.1. The third-order valence-corrected chi connectivity index (χ3v) is 2.57. The number of alkyl halides is 2. The maximum Gasteiger partial charge on any atom is 0.273 e. The highest BCUT2D eigenvalue weighted by Gasteiger charge is 2.32. The number of halogens is 2. The van der Waals surface area contributed by atoms with Gasteiger partial charge in [0.2, 0.25) is 0 Å². The van der Waals surface area contributed by atoms with Gasteiger partial charge in [-0.25, -0.2) is 8.78 Å². The van der Waals surface area contributed by atoms with E-state index in [2.05, 4.69) is 0 Å². The Morgan fingerprint density at radius 3 is 2.41 bits per heavy atom. The molecule has 1 nitrogen and oxygen atoms in total. The molecule has 3 heteroatoms. The van der Waals surface area contributed by atoms with Crippen LogP contribution >= 0.6 is 0 Å². The lowest BCUT2D eigenvalue weighted by Crippen LogP contribution is -2.19. The number of rotatable bonds is 5. The van der Waals surface area contributed by atoms with Gasteiger partial charge < -0.3 is 5.73 Å². The maximum atomic E-state index is 13.9. The lowest BCUT2D eigenvalue weighted by molar-refractivity contribution is -0.0250. The fourth-order valence-electron chi connectivity index (χ4n) is 1.93. The molecule has 0 spiro atoms. The SMILES string of the molecule is CC(C)CC(F)(F)c1cccc(CC(C)N)c1. The van der Waals surface area contributed by atoms with Crippen molar-refractivity contribution in [3.05, 3.63) is 35.4 Å². The van der Waals surface area contributed by atoms with Crippen LogP contribution in [0.2, 0.25) is 0 Å². The number of nitrogens with two attached hydrogens (primary N) is 1. The Labute approximate surface area is 102 Å². The van der Waals surface area contributed by atoms with Crippen molar-refractivity contribution in [3.63, 3.8) is 0 Å². The highest BCUT2D eigenvalue weighted by molar-refractivity contribution is 5.27. The molecule has 2 N–H and O–H groups in total. The first-order valence-electron chi connectivity index (χ1n) is 6.04. The van der Waals surface area contributed by atoms with Gasteiger partial charge in [-0.15, -0.1) is 0 Å². The molecule has 0 amide bonds. The summed E-state index contributed by atoms with van der Waals surface area (Å²) in [6.07, 6.45) is 0.514. The second-order valence-corrected chi connectivity index (χ2v) is 5.18. The molecule has 1 aromatic carbocycles. The van der Waals surface area contributed by atoms with E-state index >= 15 is 0 Å². The van der Waals surface area contributed by atoms with Gasteiger partial charge in [0.1, 0.15) is 0 Å². The van der Waals surface area contributed by atoms with Gasteiger partial charge >= 0.3 is 0 Å². The molecule has 0 aliphatic rings. The minimum Gasteiger partial charge on any atom is -0.328 e. The van der Waals surface area contributed by atoms with Gasteiger partial charge in [0.05, 0.1) is 0 Å². The molecule has 1 aromatic rings. The van der Waals surface area contributed by atoms with Crippen LogP contribution in [0.1, 0.15) is 38.3 Å². The van der Waals surface area contributed by atoms with Crippen LogP contribution in [0, 0.1) is 5.92 Å². The van der Waals surface area contributed by atoms with Crippen LogP contribution in [0.3, 0.4) is 0 Å². The summed E-state index contributed by atoms with van der Waals surface area (Å²) < 4.78 is 27.8. The summed E-state index contributed by atoms with van der Waals surface area (Å²) >= 11 is 0. The summed E-state index contributed by atoms with van der Waals surface area (Å²) in [6.45, 7) is 5.48. The van der Waals surface area contributed by atoms with E-state index in [1.165, 1.54) is 6.07 Å². The van der Waals surface area contributed by atoms with Crippen molar-refractivity contribution in [1.29, 1.82) is 0 Å². The molecule has 1 atom stereocenters. The lowest BCUT2D eigenvalue weighted by atomic mass is 9.96. The Morgan fingerprint density at radius 1 is 1.24 bits per heavy atom. The van der Waals surface area contributed by atoms with Crippen LogP contribution in [-0.2, 0) is 12.3 Å². The van der Waals surface area contributed by atoms with Crippen molar-refractivity contribution in [3.8, 4) is 0 Å². The van der Waals surface area contributed by atoms with Crippen LogP contribution in [0.5, 0.6) is 0 Å². The van der Waals surface area contributed by atoms with Crippen LogP contribution in [0.25, 0.3) is 0 Å². The summed E-state index contributed by atoms with van der Waals surface area (Å²) in [6, 6.07) is 6.59. The van der Waals surface area contributed by atoms with Crippen LogP contribution < -0.4 is 5.73 Å². The lowest BCUT2D eigenvalue weighted by Gasteiger charge is -2.19. The Bertz CT molecular complexity index is 359. The molecule has 96 valence electrons. The van der Waals surface area contributed by atoms with E-state index in [0.717, 1.165) is 5.56 Å². The zero-order valence-corrected chi connectivity index (χ0v) is 10.7. The summed E-state index contributed by atoms with van der Waals surface area (Å²) in [4.78, 5) is 0. The third kappa shape index (κ3) is 4.43. The van der Waals surface area contributed by atoms with Crippen LogP contribution in [0.15, 0.2) is 24.3 Å². The van der Waals surface area contributed by atoms with Gasteiger partial charge in [-0.05, 0) is 30.9 Å². The van der Waals surface area contributed by atoms with E-state index in [-0.39, 0.29) is 23.9 Å². The first kappa shape index (κ1) is 14.1. The Hall–Kier alpha value is -0.960. The van der Waals surface area contributed by atoms with Crippen molar-refractivity contribution < 1.29 is 8.78 Å². The Balaban J connectivity index is 2.90. The van der Waals surface area contributed by atoms with Crippen LogP contribution in [0.4, 0.5) is 8.78 Å². The summed E-state index contributed by atoms with van der Waals surface area (Å²) in [5.41, 5.74) is 6.65. The van der Waals surface area contributed by atoms with Crippen molar-refractivity contribution in [2.75, 3.05) is 0 Å². The Kier molecular flexibility index (Phi) is 4.63. The zero-order valence-electron chi connectivity index (χ0n) is 10.7. The second kappa shape index (κ2) is 5.58. The van der Waals surface area contributed by atoms with Gasteiger partial charge in [0, 0.05) is 18.0 Å². The topological polar surface area (TPSA) is 26.0 Å². The van der Waals surface area contributed by atoms with Gasteiger partial charge in [-0.2, -0.15) is 0 Å². The maximum absolute atomic E-state index is 13.9. The molecule has 0 bridgehead atoms. The average molecular weight is 241 g/mol.